The Labute approximate surface area is 129 Å². The minimum Gasteiger partial charge on any atom is -0.382 e. The van der Waals surface area contributed by atoms with Crippen molar-refractivity contribution in [1.82, 2.24) is 5.32 Å². The highest BCUT2D eigenvalue weighted by molar-refractivity contribution is 7.99. The van der Waals surface area contributed by atoms with Gasteiger partial charge in [0.1, 0.15) is 0 Å². The van der Waals surface area contributed by atoms with E-state index < -0.39 is 24.7 Å². The topological polar surface area (TPSA) is 49.3 Å². The van der Waals surface area contributed by atoms with Crippen molar-refractivity contribution in [2.45, 2.75) is 30.0 Å². The van der Waals surface area contributed by atoms with Crippen LogP contribution in [-0.2, 0) is 4.79 Å². The smallest absolute Gasteiger partial charge is 0.382 e. The molecule has 3 nitrogen and oxygen atoms in total. The van der Waals surface area contributed by atoms with Crippen LogP contribution in [0.15, 0.2) is 29.2 Å². The summed E-state index contributed by atoms with van der Waals surface area (Å²) in [4.78, 5) is 12.3. The monoisotopic (exact) mass is 341 g/mol. The lowest BCUT2D eigenvalue weighted by Crippen LogP contribution is -2.40. The van der Waals surface area contributed by atoms with Gasteiger partial charge in [0, 0.05) is 16.3 Å². The third-order valence-electron chi connectivity index (χ3n) is 2.50. The van der Waals surface area contributed by atoms with Crippen LogP contribution >= 0.6 is 23.4 Å². The zero-order valence-corrected chi connectivity index (χ0v) is 12.6. The number of nitrogens with one attached hydrogen (secondary N) is 1. The van der Waals surface area contributed by atoms with Crippen molar-refractivity contribution in [1.29, 1.82) is 0 Å². The Bertz CT molecular complexity index is 454. The number of aliphatic hydroxyl groups excluding tert-OH is 1. The van der Waals surface area contributed by atoms with Gasteiger partial charge in [0.25, 0.3) is 0 Å². The molecular formula is C13H15ClF3NO2S. The number of carbonyl (C=O) groups is 1. The van der Waals surface area contributed by atoms with Crippen molar-refractivity contribution < 1.29 is 23.1 Å². The Hall–Kier alpha value is -0.920. The van der Waals surface area contributed by atoms with E-state index in [0.717, 1.165) is 4.90 Å². The fraction of sp³-hybridized carbons (Fsp3) is 0.462. The SMILES string of the molecule is O=C(CCCSc1ccc(Cl)cc1)NCC(O)C(F)(F)F. The Morgan fingerprint density at radius 1 is 1.33 bits per heavy atom. The number of hydrogen-bond donors (Lipinski definition) is 2. The first kappa shape index (κ1) is 18.1. The zero-order chi connectivity index (χ0) is 15.9. The van der Waals surface area contributed by atoms with Crippen LogP contribution in [0, 0.1) is 0 Å². The number of benzene rings is 1. The first-order valence-electron chi connectivity index (χ1n) is 6.19. The van der Waals surface area contributed by atoms with Gasteiger partial charge in [-0.3, -0.25) is 4.79 Å². The van der Waals surface area contributed by atoms with Crippen LogP contribution in [0.4, 0.5) is 13.2 Å². The molecule has 1 aromatic carbocycles. The minimum absolute atomic E-state index is 0.116. The van der Waals surface area contributed by atoms with E-state index in [4.69, 9.17) is 16.7 Å². The summed E-state index contributed by atoms with van der Waals surface area (Å²) < 4.78 is 36.0. The lowest BCUT2D eigenvalue weighted by molar-refractivity contribution is -0.201. The second-order valence-electron chi connectivity index (χ2n) is 4.27. The summed E-state index contributed by atoms with van der Waals surface area (Å²) >= 11 is 7.28. The molecule has 0 radical (unpaired) electrons. The van der Waals surface area contributed by atoms with Crippen LogP contribution in [0.3, 0.4) is 0 Å². The molecule has 1 aromatic rings. The summed E-state index contributed by atoms with van der Waals surface area (Å²) in [7, 11) is 0. The fourth-order valence-electron chi connectivity index (χ4n) is 1.37. The maximum Gasteiger partial charge on any atom is 0.416 e. The highest BCUT2D eigenvalue weighted by Crippen LogP contribution is 2.21. The predicted molar refractivity (Wildman–Crippen MR) is 76.5 cm³/mol. The maximum absolute atomic E-state index is 12.0. The second-order valence-corrected chi connectivity index (χ2v) is 5.87. The molecule has 2 N–H and O–H groups in total. The van der Waals surface area contributed by atoms with Crippen LogP contribution in [0.1, 0.15) is 12.8 Å². The van der Waals surface area contributed by atoms with Gasteiger partial charge in [0.2, 0.25) is 5.91 Å². The van der Waals surface area contributed by atoms with Gasteiger partial charge in [-0.25, -0.2) is 0 Å². The molecule has 1 atom stereocenters. The summed E-state index contributed by atoms with van der Waals surface area (Å²) in [6.07, 6.45) is -6.59. The van der Waals surface area contributed by atoms with E-state index in [9.17, 15) is 18.0 Å². The van der Waals surface area contributed by atoms with E-state index in [1.165, 1.54) is 11.8 Å². The van der Waals surface area contributed by atoms with Crippen LogP contribution in [0.2, 0.25) is 5.02 Å². The number of hydrogen-bond acceptors (Lipinski definition) is 3. The largest absolute Gasteiger partial charge is 0.416 e. The average molecular weight is 342 g/mol. The van der Waals surface area contributed by atoms with Crippen LogP contribution in [-0.4, -0.2) is 35.6 Å². The van der Waals surface area contributed by atoms with Gasteiger partial charge in [-0.05, 0) is 36.4 Å². The molecule has 21 heavy (non-hydrogen) atoms. The molecule has 1 amide bonds. The molecule has 0 aliphatic rings. The molecule has 0 bridgehead atoms. The number of alkyl halides is 3. The molecule has 0 heterocycles. The number of aliphatic hydroxyl groups is 1. The van der Waals surface area contributed by atoms with E-state index >= 15 is 0 Å². The van der Waals surface area contributed by atoms with Gasteiger partial charge in [-0.1, -0.05) is 11.6 Å². The Balaban J connectivity index is 2.15. The number of halogens is 4. The Morgan fingerprint density at radius 3 is 2.52 bits per heavy atom. The number of thioether (sulfide) groups is 1. The van der Waals surface area contributed by atoms with Crippen molar-refractivity contribution in [2.75, 3.05) is 12.3 Å². The van der Waals surface area contributed by atoms with Crippen molar-refractivity contribution in [3.05, 3.63) is 29.3 Å². The van der Waals surface area contributed by atoms with Crippen molar-refractivity contribution in [2.24, 2.45) is 0 Å². The van der Waals surface area contributed by atoms with Crippen LogP contribution < -0.4 is 5.32 Å². The Morgan fingerprint density at radius 2 is 1.95 bits per heavy atom. The summed E-state index contributed by atoms with van der Waals surface area (Å²) in [5, 5.41) is 11.4. The number of rotatable bonds is 7. The van der Waals surface area contributed by atoms with Gasteiger partial charge in [-0.2, -0.15) is 13.2 Å². The normalized spacial score (nSPS) is 13.0. The summed E-state index contributed by atoms with van der Waals surface area (Å²) in [5.74, 6) is 0.159. The number of amides is 1. The summed E-state index contributed by atoms with van der Waals surface area (Å²) in [6.45, 7) is -0.813. The predicted octanol–water partition coefficient (Wildman–Crippen LogP) is 3.25. The van der Waals surface area contributed by atoms with E-state index in [0.29, 0.717) is 17.2 Å². The van der Waals surface area contributed by atoms with Crippen LogP contribution in [0.5, 0.6) is 0 Å². The summed E-state index contributed by atoms with van der Waals surface area (Å²) in [6, 6.07) is 7.23. The third kappa shape index (κ3) is 7.59. The average Bonchev–Trinajstić information content (AvgIpc) is 2.41. The highest BCUT2D eigenvalue weighted by Gasteiger charge is 2.38. The molecule has 0 aliphatic heterocycles. The van der Waals surface area contributed by atoms with Gasteiger partial charge in [0.05, 0.1) is 6.54 Å². The van der Waals surface area contributed by atoms with Gasteiger partial charge in [-0.15, -0.1) is 11.8 Å². The second kappa shape index (κ2) is 8.51. The lowest BCUT2D eigenvalue weighted by atomic mass is 10.3. The molecular weight excluding hydrogens is 327 g/mol. The first-order chi connectivity index (χ1) is 9.79. The van der Waals surface area contributed by atoms with Crippen molar-refractivity contribution in [3.8, 4) is 0 Å². The molecule has 0 spiro atoms. The molecule has 8 heteroatoms. The lowest BCUT2D eigenvalue weighted by Gasteiger charge is -2.14. The third-order valence-corrected chi connectivity index (χ3v) is 3.85. The zero-order valence-electron chi connectivity index (χ0n) is 11.0. The maximum atomic E-state index is 12.0. The molecule has 0 saturated carbocycles. The van der Waals surface area contributed by atoms with E-state index in [2.05, 4.69) is 5.32 Å². The minimum atomic E-state index is -4.71. The molecule has 1 unspecified atom stereocenters. The fourth-order valence-corrected chi connectivity index (χ4v) is 2.35. The molecule has 0 aromatic heterocycles. The van der Waals surface area contributed by atoms with Crippen molar-refractivity contribution >= 4 is 29.3 Å². The van der Waals surface area contributed by atoms with E-state index in [1.54, 1.807) is 12.1 Å². The molecule has 118 valence electrons. The van der Waals surface area contributed by atoms with E-state index in [1.807, 2.05) is 12.1 Å². The highest BCUT2D eigenvalue weighted by atomic mass is 35.5. The molecule has 0 saturated heterocycles. The molecule has 0 aliphatic carbocycles. The Kier molecular flexibility index (Phi) is 7.34. The van der Waals surface area contributed by atoms with Gasteiger partial charge >= 0.3 is 6.18 Å². The van der Waals surface area contributed by atoms with E-state index in [-0.39, 0.29) is 6.42 Å². The van der Waals surface area contributed by atoms with Gasteiger partial charge in [0.15, 0.2) is 6.10 Å². The molecule has 1 rings (SSSR count). The van der Waals surface area contributed by atoms with Gasteiger partial charge < -0.3 is 10.4 Å². The first-order valence-corrected chi connectivity index (χ1v) is 7.55. The van der Waals surface area contributed by atoms with Crippen molar-refractivity contribution in [3.63, 3.8) is 0 Å². The number of carbonyl (C=O) groups excluding carboxylic acids is 1. The quantitative estimate of drug-likeness (QED) is 0.591. The van der Waals surface area contributed by atoms with Crippen LogP contribution in [0.25, 0.3) is 0 Å². The summed E-state index contributed by atoms with van der Waals surface area (Å²) in [5.41, 5.74) is 0. The standard InChI is InChI=1S/C13H15ClF3NO2S/c14-9-3-5-10(6-4-9)21-7-1-2-12(20)18-8-11(19)13(15,16)17/h3-6,11,19H,1-2,7-8H2,(H,18,20). The molecule has 0 fully saturated rings.